The van der Waals surface area contributed by atoms with Crippen LogP contribution in [0.4, 0.5) is 4.39 Å². The van der Waals surface area contributed by atoms with Gasteiger partial charge in [0.05, 0.1) is 0 Å². The minimum atomic E-state index is -0.920. The van der Waals surface area contributed by atoms with Crippen LogP contribution in [0.1, 0.15) is 12.0 Å². The first kappa shape index (κ1) is 12.8. The second kappa shape index (κ2) is 6.35. The monoisotopic (exact) mass is 293 g/mol. The lowest BCUT2D eigenvalue weighted by atomic mass is 10.2. The van der Waals surface area contributed by atoms with Gasteiger partial charge in [-0.25, -0.2) is 4.39 Å². The maximum Gasteiger partial charge on any atom is 0.124 e. The minimum absolute atomic E-state index is 0.293. The zero-order chi connectivity index (χ0) is 11.3. The van der Waals surface area contributed by atoms with Crippen LogP contribution in [-0.2, 0) is 16.6 Å². The van der Waals surface area contributed by atoms with Gasteiger partial charge < -0.3 is 5.73 Å². The van der Waals surface area contributed by atoms with Crippen molar-refractivity contribution in [2.24, 2.45) is 5.73 Å². The first-order valence-corrected chi connectivity index (χ1v) is 6.90. The molecule has 0 saturated carbocycles. The fourth-order valence-electron chi connectivity index (χ4n) is 1.13. The van der Waals surface area contributed by atoms with Crippen molar-refractivity contribution in [3.8, 4) is 0 Å². The van der Waals surface area contributed by atoms with Crippen LogP contribution in [0.25, 0.3) is 0 Å². The summed E-state index contributed by atoms with van der Waals surface area (Å²) in [5.74, 6) is 0.750. The van der Waals surface area contributed by atoms with Gasteiger partial charge in [0.25, 0.3) is 0 Å². The van der Waals surface area contributed by atoms with E-state index < -0.39 is 10.8 Å². The molecule has 1 atom stereocenters. The van der Waals surface area contributed by atoms with Gasteiger partial charge in [-0.1, -0.05) is 22.0 Å². The van der Waals surface area contributed by atoms with E-state index in [4.69, 9.17) is 5.73 Å². The third-order valence-electron chi connectivity index (χ3n) is 1.91. The summed E-state index contributed by atoms with van der Waals surface area (Å²) in [5, 5.41) is 0. The third-order valence-corrected chi connectivity index (χ3v) is 4.02. The van der Waals surface area contributed by atoms with Gasteiger partial charge in [0, 0.05) is 26.8 Å². The molecule has 0 amide bonds. The van der Waals surface area contributed by atoms with E-state index in [-0.39, 0.29) is 5.82 Å². The highest BCUT2D eigenvalue weighted by Crippen LogP contribution is 2.19. The summed E-state index contributed by atoms with van der Waals surface area (Å²) in [6.45, 7) is 0.552. The zero-order valence-corrected chi connectivity index (χ0v) is 10.6. The Balaban J connectivity index is 2.60. The largest absolute Gasteiger partial charge is 0.330 e. The Morgan fingerprint density at radius 3 is 2.80 bits per heavy atom. The quantitative estimate of drug-likeness (QED) is 0.904. The molecule has 0 radical (unpaired) electrons. The van der Waals surface area contributed by atoms with E-state index in [1.54, 1.807) is 6.07 Å². The predicted octanol–water partition coefficient (Wildman–Crippen LogP) is 2.19. The van der Waals surface area contributed by atoms with Crippen LogP contribution in [0.2, 0.25) is 0 Å². The second-order valence-electron chi connectivity index (χ2n) is 3.17. The molecule has 0 aliphatic carbocycles. The molecule has 0 aliphatic heterocycles. The van der Waals surface area contributed by atoms with Crippen molar-refractivity contribution in [3.05, 3.63) is 34.1 Å². The fourth-order valence-corrected chi connectivity index (χ4v) is 3.04. The van der Waals surface area contributed by atoms with Crippen molar-refractivity contribution in [3.63, 3.8) is 0 Å². The molecular weight excluding hydrogens is 281 g/mol. The molecule has 0 fully saturated rings. The van der Waals surface area contributed by atoms with Crippen molar-refractivity contribution >= 4 is 26.7 Å². The molecule has 84 valence electrons. The molecule has 0 spiro atoms. The minimum Gasteiger partial charge on any atom is -0.330 e. The summed E-state index contributed by atoms with van der Waals surface area (Å²) in [5.41, 5.74) is 6.19. The fraction of sp³-hybridized carbons (Fsp3) is 0.400. The normalized spacial score (nSPS) is 12.7. The van der Waals surface area contributed by atoms with Crippen LogP contribution >= 0.6 is 15.9 Å². The van der Waals surface area contributed by atoms with E-state index in [0.29, 0.717) is 22.5 Å². The molecule has 1 rings (SSSR count). The van der Waals surface area contributed by atoms with Gasteiger partial charge in [0.1, 0.15) is 5.82 Å². The van der Waals surface area contributed by atoms with Gasteiger partial charge in [-0.05, 0) is 30.7 Å². The first-order chi connectivity index (χ1) is 7.13. The number of rotatable bonds is 5. The SMILES string of the molecule is NCCCS(=O)Cc1ccc(F)cc1Br. The van der Waals surface area contributed by atoms with Crippen molar-refractivity contribution in [2.75, 3.05) is 12.3 Å². The summed E-state index contributed by atoms with van der Waals surface area (Å²) in [7, 11) is -0.920. The van der Waals surface area contributed by atoms with Gasteiger partial charge in [-0.3, -0.25) is 4.21 Å². The van der Waals surface area contributed by atoms with Crippen LogP contribution in [-0.4, -0.2) is 16.5 Å². The van der Waals surface area contributed by atoms with Gasteiger partial charge >= 0.3 is 0 Å². The van der Waals surface area contributed by atoms with E-state index >= 15 is 0 Å². The molecule has 1 unspecified atom stereocenters. The van der Waals surface area contributed by atoms with Crippen LogP contribution in [0.5, 0.6) is 0 Å². The lowest BCUT2D eigenvalue weighted by molar-refractivity contribution is 0.626. The molecule has 1 aromatic carbocycles. The van der Waals surface area contributed by atoms with Gasteiger partial charge in [-0.2, -0.15) is 0 Å². The molecule has 15 heavy (non-hydrogen) atoms. The average molecular weight is 294 g/mol. The summed E-state index contributed by atoms with van der Waals surface area (Å²) in [6, 6.07) is 4.41. The number of hydrogen-bond acceptors (Lipinski definition) is 2. The number of hydrogen-bond donors (Lipinski definition) is 1. The van der Waals surface area contributed by atoms with Crippen molar-refractivity contribution in [1.29, 1.82) is 0 Å². The summed E-state index contributed by atoms with van der Waals surface area (Å²) >= 11 is 3.24. The van der Waals surface area contributed by atoms with Crippen molar-refractivity contribution in [2.45, 2.75) is 12.2 Å². The average Bonchev–Trinajstić information content (AvgIpc) is 2.19. The number of nitrogens with two attached hydrogens (primary N) is 1. The molecule has 0 aliphatic rings. The van der Waals surface area contributed by atoms with Crippen LogP contribution < -0.4 is 5.73 Å². The number of benzene rings is 1. The number of halogens is 2. The van der Waals surface area contributed by atoms with E-state index in [9.17, 15) is 8.60 Å². The Morgan fingerprint density at radius 2 is 2.20 bits per heavy atom. The lowest BCUT2D eigenvalue weighted by Gasteiger charge is -2.04. The maximum absolute atomic E-state index is 12.8. The Morgan fingerprint density at radius 1 is 1.47 bits per heavy atom. The second-order valence-corrected chi connectivity index (χ2v) is 5.60. The predicted molar refractivity (Wildman–Crippen MR) is 64.5 cm³/mol. The van der Waals surface area contributed by atoms with E-state index in [1.165, 1.54) is 12.1 Å². The lowest BCUT2D eigenvalue weighted by Crippen LogP contribution is -2.07. The molecular formula is C10H13BrFNOS. The summed E-state index contributed by atoms with van der Waals surface area (Å²) in [6.07, 6.45) is 0.755. The summed E-state index contributed by atoms with van der Waals surface area (Å²) in [4.78, 5) is 0. The molecule has 0 aromatic heterocycles. The Hall–Kier alpha value is -0.260. The molecule has 0 heterocycles. The van der Waals surface area contributed by atoms with E-state index in [1.807, 2.05) is 0 Å². The molecule has 2 N–H and O–H groups in total. The molecule has 2 nitrogen and oxygen atoms in total. The van der Waals surface area contributed by atoms with Gasteiger partial charge in [0.15, 0.2) is 0 Å². The smallest absolute Gasteiger partial charge is 0.124 e. The van der Waals surface area contributed by atoms with E-state index in [2.05, 4.69) is 15.9 Å². The maximum atomic E-state index is 12.8. The Labute approximate surface area is 99.6 Å². The molecule has 0 bridgehead atoms. The van der Waals surface area contributed by atoms with Gasteiger partial charge in [0.2, 0.25) is 0 Å². The highest BCUT2D eigenvalue weighted by molar-refractivity contribution is 9.10. The van der Waals surface area contributed by atoms with Crippen LogP contribution in [0.3, 0.4) is 0 Å². The molecule has 0 saturated heterocycles. The Kier molecular flexibility index (Phi) is 5.42. The summed E-state index contributed by atoms with van der Waals surface area (Å²) < 4.78 is 25.0. The third kappa shape index (κ3) is 4.40. The Bertz CT molecular complexity index is 359. The van der Waals surface area contributed by atoms with Gasteiger partial charge in [-0.15, -0.1) is 0 Å². The van der Waals surface area contributed by atoms with Crippen LogP contribution in [0, 0.1) is 5.82 Å². The van der Waals surface area contributed by atoms with Crippen LogP contribution in [0.15, 0.2) is 22.7 Å². The molecule has 5 heteroatoms. The topological polar surface area (TPSA) is 43.1 Å². The standard InChI is InChI=1S/C10H13BrFNOS/c11-10-6-9(12)3-2-8(10)7-15(14)5-1-4-13/h2-3,6H,1,4-5,7,13H2. The van der Waals surface area contributed by atoms with Crippen molar-refractivity contribution < 1.29 is 8.60 Å². The van der Waals surface area contributed by atoms with E-state index in [0.717, 1.165) is 12.0 Å². The first-order valence-electron chi connectivity index (χ1n) is 4.62. The highest BCUT2D eigenvalue weighted by Gasteiger charge is 2.05. The van der Waals surface area contributed by atoms with Crippen molar-refractivity contribution in [1.82, 2.24) is 0 Å². The zero-order valence-electron chi connectivity index (χ0n) is 8.21. The molecule has 1 aromatic rings. The highest BCUT2D eigenvalue weighted by atomic mass is 79.9.